The fourth-order valence-corrected chi connectivity index (χ4v) is 7.11. The number of nitrogens with zero attached hydrogens (tertiary/aromatic N) is 7. The average molecular weight is 734 g/mol. The maximum Gasteiger partial charge on any atom is 0.503 e. The second kappa shape index (κ2) is 13.2. The Morgan fingerprint density at radius 2 is 1.25 bits per heavy atom. The molecule has 8 nitrogen and oxygen atoms in total. The van der Waals surface area contributed by atoms with E-state index in [1.54, 1.807) is 0 Å². The van der Waals surface area contributed by atoms with Crippen molar-refractivity contribution in [2.24, 2.45) is 0 Å². The third-order valence-corrected chi connectivity index (χ3v) is 10.0. The van der Waals surface area contributed by atoms with Gasteiger partial charge in [0.25, 0.3) is 11.4 Å². The van der Waals surface area contributed by atoms with E-state index in [2.05, 4.69) is 165 Å². The minimum Gasteiger partial charge on any atom is -0.456 e. The van der Waals surface area contributed by atoms with E-state index in [-0.39, 0.29) is 10.8 Å². The van der Waals surface area contributed by atoms with E-state index < -0.39 is 0 Å². The van der Waals surface area contributed by atoms with Crippen LogP contribution in [0.25, 0.3) is 39.0 Å². The minimum atomic E-state index is -0.308. The highest BCUT2D eigenvalue weighted by Gasteiger charge is 2.36. The lowest BCUT2D eigenvalue weighted by atomic mass is 9.93. The van der Waals surface area contributed by atoms with Gasteiger partial charge in [-0.1, -0.05) is 102 Å². The van der Waals surface area contributed by atoms with Gasteiger partial charge in [-0.05, 0) is 46.4 Å². The maximum atomic E-state index is 7.02. The second-order valence-electron chi connectivity index (χ2n) is 16.4. The van der Waals surface area contributed by atoms with Gasteiger partial charge >= 0.3 is 6.01 Å². The van der Waals surface area contributed by atoms with Gasteiger partial charge < -0.3 is 4.74 Å². The molecule has 9 rings (SSSR count). The van der Waals surface area contributed by atoms with Crippen LogP contribution in [0.2, 0.25) is 0 Å². The highest BCUT2D eigenvalue weighted by atomic mass is 16.5. The van der Waals surface area contributed by atoms with E-state index >= 15 is 0 Å². The molecule has 0 radical (unpaired) electrons. The van der Waals surface area contributed by atoms with Gasteiger partial charge in [-0.2, -0.15) is 0 Å². The quantitative estimate of drug-likeness (QED) is 0.159. The van der Waals surface area contributed by atoms with Crippen LogP contribution in [-0.4, -0.2) is 30.5 Å². The van der Waals surface area contributed by atoms with E-state index in [9.17, 15) is 0 Å². The topological polar surface area (TPSA) is 71.7 Å². The number of pyridine rings is 1. The third-order valence-electron chi connectivity index (χ3n) is 10.0. The predicted octanol–water partition coefficient (Wildman–Crippen LogP) is 11.6. The van der Waals surface area contributed by atoms with E-state index in [0.29, 0.717) is 17.3 Å². The first kappa shape index (κ1) is 35.0. The van der Waals surface area contributed by atoms with Gasteiger partial charge in [0, 0.05) is 64.2 Å². The van der Waals surface area contributed by atoms with Gasteiger partial charge in [-0.3, -0.25) is 4.57 Å². The molecule has 0 N–H and O–H groups in total. The summed E-state index contributed by atoms with van der Waals surface area (Å²) in [5, 5.41) is 2.15. The Bertz CT molecular complexity index is 2860. The molecule has 0 spiro atoms. The van der Waals surface area contributed by atoms with Crippen molar-refractivity contribution in [2.45, 2.75) is 59.3 Å². The Balaban J connectivity index is 1.26. The molecular formula is C48H43N7O+2. The summed E-state index contributed by atoms with van der Waals surface area (Å²) in [5.41, 5.74) is 7.42. The van der Waals surface area contributed by atoms with Crippen LogP contribution < -0.4 is 13.9 Å². The average Bonchev–Trinajstić information content (AvgIpc) is 3.73. The molecule has 1 aliphatic rings. The van der Waals surface area contributed by atoms with Crippen molar-refractivity contribution < 1.29 is 4.74 Å². The molecule has 1 aliphatic heterocycles. The van der Waals surface area contributed by atoms with Crippen molar-refractivity contribution in [3.8, 4) is 28.7 Å². The van der Waals surface area contributed by atoms with E-state index in [4.69, 9.17) is 24.7 Å². The molecule has 0 aliphatic carbocycles. The highest BCUT2D eigenvalue weighted by molar-refractivity contribution is 6.11. The number of aryl methyl sites for hydroxylation is 1. The summed E-state index contributed by atoms with van der Waals surface area (Å²) in [6, 6.07) is 47.3. The first-order chi connectivity index (χ1) is 26.9. The number of aromatic nitrogens is 5. The van der Waals surface area contributed by atoms with E-state index in [0.717, 1.165) is 67.6 Å². The standard InChI is InChI=1S/C48H43N7O/c1-31-22-24-32(25-23-31)53-30-54(40-20-11-10-19-39(40)53)33-15-14-16-34(27-33)56-42-29-41-36(35-17-8-9-18-38(35)55(41)43-21-12-13-26-49-43)28-37(42)44-50-45(47(2,3)4)52-46(51-44)48(5,6)7/h8-29H,1-7H3/q+2. The molecule has 4 heterocycles. The number of ether oxygens (including phenoxy) is 1. The molecule has 274 valence electrons. The number of benzene rings is 5. The smallest absolute Gasteiger partial charge is 0.456 e. The Labute approximate surface area is 326 Å². The highest BCUT2D eigenvalue weighted by Crippen LogP contribution is 2.42. The van der Waals surface area contributed by atoms with Crippen LogP contribution in [0.5, 0.6) is 11.5 Å². The van der Waals surface area contributed by atoms with Gasteiger partial charge in [-0.15, -0.1) is 0 Å². The first-order valence-corrected chi connectivity index (χ1v) is 19.0. The summed E-state index contributed by atoms with van der Waals surface area (Å²) >= 11 is 0. The SMILES string of the molecule is Cc1ccc([N+]2=C=[N+](c3cccc(Oc4cc5c(cc4-c4nc(C(C)(C)C)nc(C(C)(C)C)n4)c4ccccc4n5-c4ccccn4)c3)c3ccccc32)cc1. The van der Waals surface area contributed by atoms with E-state index in [1.165, 1.54) is 5.56 Å². The van der Waals surface area contributed by atoms with Crippen molar-refractivity contribution in [2.75, 3.05) is 0 Å². The molecule has 0 fully saturated rings. The normalized spacial score (nSPS) is 12.8. The van der Waals surface area contributed by atoms with Crippen LogP contribution in [-0.2, 0) is 10.8 Å². The van der Waals surface area contributed by atoms with Crippen molar-refractivity contribution in [3.63, 3.8) is 0 Å². The molecular weight excluding hydrogens is 691 g/mol. The molecule has 0 atom stereocenters. The number of fused-ring (bicyclic) bond motifs is 4. The van der Waals surface area contributed by atoms with Gasteiger partial charge in [0.15, 0.2) is 5.82 Å². The van der Waals surface area contributed by atoms with Crippen LogP contribution in [0, 0.1) is 6.92 Å². The zero-order chi connectivity index (χ0) is 38.8. The summed E-state index contributed by atoms with van der Waals surface area (Å²) in [7, 11) is 0. The predicted molar refractivity (Wildman–Crippen MR) is 227 cm³/mol. The van der Waals surface area contributed by atoms with Crippen molar-refractivity contribution in [1.29, 1.82) is 0 Å². The van der Waals surface area contributed by atoms with Crippen molar-refractivity contribution in [1.82, 2.24) is 33.7 Å². The molecule has 8 aromatic rings. The Hall–Kier alpha value is -6.76. The van der Waals surface area contributed by atoms with Crippen LogP contribution in [0.4, 0.5) is 22.7 Å². The molecule has 3 aromatic heterocycles. The molecule has 0 bridgehead atoms. The largest absolute Gasteiger partial charge is 0.503 e. The fraction of sp³-hybridized carbons (Fsp3) is 0.188. The number of rotatable bonds is 6. The third kappa shape index (κ3) is 6.24. The summed E-state index contributed by atoms with van der Waals surface area (Å²) in [4.78, 5) is 20.0. The van der Waals surface area contributed by atoms with Gasteiger partial charge in [0.1, 0.15) is 29.0 Å². The van der Waals surface area contributed by atoms with Crippen LogP contribution in [0.15, 0.2) is 134 Å². The van der Waals surface area contributed by atoms with Crippen LogP contribution >= 0.6 is 0 Å². The molecule has 56 heavy (non-hydrogen) atoms. The maximum absolute atomic E-state index is 7.02. The van der Waals surface area contributed by atoms with Crippen LogP contribution in [0.1, 0.15) is 58.8 Å². The molecule has 5 aromatic carbocycles. The molecule has 0 saturated heterocycles. The Kier molecular flexibility index (Phi) is 8.26. The van der Waals surface area contributed by atoms with Crippen LogP contribution in [0.3, 0.4) is 0 Å². The molecule has 0 amide bonds. The van der Waals surface area contributed by atoms with E-state index in [1.807, 2.05) is 36.5 Å². The number of para-hydroxylation sites is 3. The zero-order valence-electron chi connectivity index (χ0n) is 32.7. The Morgan fingerprint density at radius 1 is 0.589 bits per heavy atom. The molecule has 0 unspecified atom stereocenters. The lowest BCUT2D eigenvalue weighted by molar-refractivity contribution is 0.481. The lowest BCUT2D eigenvalue weighted by Gasteiger charge is -2.23. The lowest BCUT2D eigenvalue weighted by Crippen LogP contribution is -2.24. The summed E-state index contributed by atoms with van der Waals surface area (Å²) in [6.45, 7) is 14.9. The first-order valence-electron chi connectivity index (χ1n) is 19.0. The summed E-state index contributed by atoms with van der Waals surface area (Å²) in [5.74, 6) is 4.14. The van der Waals surface area contributed by atoms with Gasteiger partial charge in [-0.25, -0.2) is 19.9 Å². The number of hydrogen-bond acceptors (Lipinski definition) is 5. The van der Waals surface area contributed by atoms with Gasteiger partial charge in [0.2, 0.25) is 11.4 Å². The summed E-state index contributed by atoms with van der Waals surface area (Å²) < 4.78 is 13.4. The zero-order valence-corrected chi connectivity index (χ0v) is 32.7. The van der Waals surface area contributed by atoms with Crippen molar-refractivity contribution >= 4 is 50.6 Å². The molecule has 0 saturated carbocycles. The summed E-state index contributed by atoms with van der Waals surface area (Å²) in [6.07, 6.45) is 1.82. The van der Waals surface area contributed by atoms with Gasteiger partial charge in [0.05, 0.1) is 22.7 Å². The minimum absolute atomic E-state index is 0.308. The number of hydrogen-bond donors (Lipinski definition) is 0. The monoisotopic (exact) mass is 733 g/mol. The Morgan fingerprint density at radius 3 is 1.93 bits per heavy atom. The second-order valence-corrected chi connectivity index (χ2v) is 16.4. The van der Waals surface area contributed by atoms with Crippen molar-refractivity contribution in [3.05, 3.63) is 151 Å². The fourth-order valence-electron chi connectivity index (χ4n) is 7.11. The molecule has 8 heteroatoms.